The lowest BCUT2D eigenvalue weighted by Crippen LogP contribution is -2.28. The molecule has 1 fully saturated rings. The number of hydrogen-bond acceptors (Lipinski definition) is 4. The van der Waals surface area contributed by atoms with Crippen LogP contribution >= 0.6 is 0 Å². The zero-order valence-corrected chi connectivity index (χ0v) is 15.9. The van der Waals surface area contributed by atoms with Crippen LogP contribution in [0, 0.1) is 11.8 Å². The first-order valence-electron chi connectivity index (χ1n) is 9.83. The summed E-state index contributed by atoms with van der Waals surface area (Å²) in [7, 11) is 0. The molecule has 1 saturated carbocycles. The summed E-state index contributed by atoms with van der Waals surface area (Å²) in [5.74, 6) is -5.57. The largest absolute Gasteiger partial charge is 0.481 e. The second kappa shape index (κ2) is 11.5. The highest BCUT2D eigenvalue weighted by Crippen LogP contribution is 2.38. The number of carbonyl (C=O) groups is 2. The molecular weight excluding hydrogens is 358 g/mol. The molecule has 0 unspecified atom stereocenters. The van der Waals surface area contributed by atoms with Crippen molar-refractivity contribution in [3.8, 4) is 0 Å². The van der Waals surface area contributed by atoms with Gasteiger partial charge in [0.25, 0.3) is 0 Å². The Morgan fingerprint density at radius 1 is 1.07 bits per heavy atom. The van der Waals surface area contributed by atoms with E-state index in [-0.39, 0.29) is 43.9 Å². The highest BCUT2D eigenvalue weighted by atomic mass is 19.3. The molecule has 1 aliphatic rings. The zero-order chi connectivity index (χ0) is 20.4. The Kier molecular flexibility index (Phi) is 10.1. The standard InChI is InChI=1S/C20H32F2O5/c1-2-12-20(21,22)18(25)10-7-9-15-14(16(23)13-17(15)24)8-5-3-4-6-11-19(26)27/h3,5,14-17,23-24H,2,4,6-13H2,1H3,(H,26,27)/t14-,15-,16+,17-/m1/s1. The van der Waals surface area contributed by atoms with Gasteiger partial charge in [-0.15, -0.1) is 0 Å². The van der Waals surface area contributed by atoms with Crippen molar-refractivity contribution in [1.82, 2.24) is 0 Å². The number of aliphatic carboxylic acids is 1. The average molecular weight is 390 g/mol. The van der Waals surface area contributed by atoms with Crippen molar-refractivity contribution < 1.29 is 33.7 Å². The number of carbonyl (C=O) groups excluding carboxylic acids is 1. The fraction of sp³-hybridized carbons (Fsp3) is 0.800. The van der Waals surface area contributed by atoms with E-state index < -0.39 is 36.3 Å². The van der Waals surface area contributed by atoms with Crippen LogP contribution in [0.15, 0.2) is 12.2 Å². The number of allylic oxidation sites excluding steroid dienone is 2. The molecular formula is C20H32F2O5. The first-order valence-corrected chi connectivity index (χ1v) is 9.83. The fourth-order valence-corrected chi connectivity index (χ4v) is 3.78. The van der Waals surface area contributed by atoms with Crippen molar-refractivity contribution in [3.05, 3.63) is 12.2 Å². The van der Waals surface area contributed by atoms with Gasteiger partial charge in [0.1, 0.15) is 0 Å². The minimum Gasteiger partial charge on any atom is -0.481 e. The number of Topliss-reactive ketones (excluding diaryl/α,β-unsaturated/α-hetero) is 1. The van der Waals surface area contributed by atoms with Crippen LogP contribution in [0.5, 0.6) is 0 Å². The Hall–Kier alpha value is -1.34. The second-order valence-corrected chi connectivity index (χ2v) is 7.46. The summed E-state index contributed by atoms with van der Waals surface area (Å²) < 4.78 is 27.1. The minimum absolute atomic E-state index is 0.106. The SMILES string of the molecule is CCCC(F)(F)C(=O)CCC[C@@H]1[C@@H](CC=CCCCC(=O)O)[C@@H](O)C[C@H]1O. The Bertz CT molecular complexity index is 507. The molecule has 0 aromatic rings. The molecule has 5 nitrogen and oxygen atoms in total. The summed E-state index contributed by atoms with van der Waals surface area (Å²) in [6, 6.07) is 0. The minimum atomic E-state index is -3.28. The van der Waals surface area contributed by atoms with E-state index in [1.807, 2.05) is 12.2 Å². The van der Waals surface area contributed by atoms with Crippen molar-refractivity contribution >= 4 is 11.8 Å². The van der Waals surface area contributed by atoms with Gasteiger partial charge in [0.05, 0.1) is 12.2 Å². The van der Waals surface area contributed by atoms with Crippen molar-refractivity contribution in [3.63, 3.8) is 0 Å². The maximum Gasteiger partial charge on any atom is 0.305 e. The molecule has 0 aliphatic heterocycles. The van der Waals surface area contributed by atoms with Crippen LogP contribution in [0.3, 0.4) is 0 Å². The van der Waals surface area contributed by atoms with Gasteiger partial charge in [0.2, 0.25) is 5.78 Å². The van der Waals surface area contributed by atoms with Crippen molar-refractivity contribution in [2.45, 2.75) is 89.3 Å². The number of alkyl halides is 2. The summed E-state index contributed by atoms with van der Waals surface area (Å²) in [4.78, 5) is 22.1. The van der Waals surface area contributed by atoms with Crippen LogP contribution in [-0.2, 0) is 9.59 Å². The molecule has 1 rings (SSSR count). The Morgan fingerprint density at radius 2 is 1.74 bits per heavy atom. The zero-order valence-electron chi connectivity index (χ0n) is 15.9. The summed E-state index contributed by atoms with van der Waals surface area (Å²) in [6.07, 6.45) is 4.73. The van der Waals surface area contributed by atoms with Gasteiger partial charge in [-0.2, -0.15) is 8.78 Å². The van der Waals surface area contributed by atoms with Gasteiger partial charge >= 0.3 is 11.9 Å². The van der Waals surface area contributed by atoms with E-state index in [4.69, 9.17) is 5.11 Å². The summed E-state index contributed by atoms with van der Waals surface area (Å²) in [5, 5.41) is 28.9. The van der Waals surface area contributed by atoms with Gasteiger partial charge in [-0.05, 0) is 56.8 Å². The number of carboxylic acids is 1. The van der Waals surface area contributed by atoms with Gasteiger partial charge in [0, 0.05) is 19.3 Å². The topological polar surface area (TPSA) is 94.8 Å². The lowest BCUT2D eigenvalue weighted by Gasteiger charge is -2.22. The number of hydrogen-bond donors (Lipinski definition) is 3. The van der Waals surface area contributed by atoms with E-state index in [0.717, 1.165) is 0 Å². The number of rotatable bonds is 13. The number of aliphatic hydroxyl groups is 2. The molecule has 0 spiro atoms. The molecule has 27 heavy (non-hydrogen) atoms. The molecule has 0 bridgehead atoms. The Balaban J connectivity index is 2.45. The van der Waals surface area contributed by atoms with Gasteiger partial charge in [-0.25, -0.2) is 0 Å². The average Bonchev–Trinajstić information content (AvgIpc) is 2.84. The number of aliphatic hydroxyl groups excluding tert-OH is 2. The number of halogens is 2. The molecule has 0 radical (unpaired) electrons. The highest BCUT2D eigenvalue weighted by Gasteiger charge is 2.41. The lowest BCUT2D eigenvalue weighted by molar-refractivity contribution is -0.144. The molecule has 3 N–H and O–H groups in total. The van der Waals surface area contributed by atoms with Crippen LogP contribution in [0.2, 0.25) is 0 Å². The monoisotopic (exact) mass is 390 g/mol. The van der Waals surface area contributed by atoms with Crippen LogP contribution in [0.4, 0.5) is 8.78 Å². The second-order valence-electron chi connectivity index (χ2n) is 7.46. The third-order valence-electron chi connectivity index (χ3n) is 5.27. The summed E-state index contributed by atoms with van der Waals surface area (Å²) in [5.41, 5.74) is 0. The van der Waals surface area contributed by atoms with E-state index in [1.54, 1.807) is 6.92 Å². The first-order chi connectivity index (χ1) is 12.7. The Morgan fingerprint density at radius 3 is 2.37 bits per heavy atom. The third-order valence-corrected chi connectivity index (χ3v) is 5.27. The summed E-state index contributed by atoms with van der Waals surface area (Å²) in [6.45, 7) is 1.61. The fourth-order valence-electron chi connectivity index (χ4n) is 3.78. The van der Waals surface area contributed by atoms with Gasteiger partial charge in [0.15, 0.2) is 0 Å². The molecule has 0 amide bonds. The molecule has 0 saturated heterocycles. The molecule has 1 aliphatic carbocycles. The number of ketones is 1. The van der Waals surface area contributed by atoms with Crippen LogP contribution in [0.25, 0.3) is 0 Å². The maximum absolute atomic E-state index is 13.6. The smallest absolute Gasteiger partial charge is 0.305 e. The summed E-state index contributed by atoms with van der Waals surface area (Å²) >= 11 is 0. The van der Waals surface area contributed by atoms with Crippen molar-refractivity contribution in [2.24, 2.45) is 11.8 Å². The molecule has 0 heterocycles. The van der Waals surface area contributed by atoms with Crippen LogP contribution in [0.1, 0.15) is 71.1 Å². The van der Waals surface area contributed by atoms with Crippen molar-refractivity contribution in [2.75, 3.05) is 0 Å². The highest BCUT2D eigenvalue weighted by molar-refractivity contribution is 5.85. The first kappa shape index (κ1) is 23.7. The van der Waals surface area contributed by atoms with Gasteiger partial charge in [-0.1, -0.05) is 19.1 Å². The molecule has 0 aromatic carbocycles. The Labute approximate surface area is 159 Å². The quantitative estimate of drug-likeness (QED) is 0.329. The third kappa shape index (κ3) is 8.05. The molecule has 0 aromatic heterocycles. The molecule has 7 heteroatoms. The lowest BCUT2D eigenvalue weighted by atomic mass is 9.86. The van der Waals surface area contributed by atoms with Crippen molar-refractivity contribution in [1.29, 1.82) is 0 Å². The van der Waals surface area contributed by atoms with Gasteiger partial charge < -0.3 is 15.3 Å². The normalized spacial score (nSPS) is 26.0. The molecule has 156 valence electrons. The number of unbranched alkanes of at least 4 members (excludes halogenated alkanes) is 1. The van der Waals surface area contributed by atoms with E-state index in [9.17, 15) is 28.6 Å². The maximum atomic E-state index is 13.6. The van der Waals surface area contributed by atoms with Crippen LogP contribution < -0.4 is 0 Å². The predicted octanol–water partition coefficient (Wildman–Crippen LogP) is 3.72. The number of carboxylic acid groups (broad SMARTS) is 1. The van der Waals surface area contributed by atoms with E-state index in [1.165, 1.54) is 0 Å². The molecule has 4 atom stereocenters. The van der Waals surface area contributed by atoms with Crippen LogP contribution in [-0.4, -0.2) is 45.2 Å². The van der Waals surface area contributed by atoms with E-state index >= 15 is 0 Å². The van der Waals surface area contributed by atoms with E-state index in [2.05, 4.69) is 0 Å². The van der Waals surface area contributed by atoms with Gasteiger partial charge in [-0.3, -0.25) is 9.59 Å². The predicted molar refractivity (Wildman–Crippen MR) is 97.6 cm³/mol. The van der Waals surface area contributed by atoms with E-state index in [0.29, 0.717) is 25.7 Å².